The lowest BCUT2D eigenvalue weighted by Gasteiger charge is -2.31. The molecule has 5 rings (SSSR count). The quantitative estimate of drug-likeness (QED) is 0.485. The molecule has 1 saturated carbocycles. The van der Waals surface area contributed by atoms with E-state index in [1.807, 2.05) is 13.8 Å². The van der Waals surface area contributed by atoms with Crippen molar-refractivity contribution in [3.8, 4) is 11.4 Å². The van der Waals surface area contributed by atoms with Gasteiger partial charge in [-0.25, -0.2) is 9.97 Å². The first-order valence-corrected chi connectivity index (χ1v) is 10.5. The van der Waals surface area contributed by atoms with Gasteiger partial charge in [-0.05, 0) is 35.6 Å². The van der Waals surface area contributed by atoms with Crippen LogP contribution in [0.25, 0.3) is 11.4 Å². The van der Waals surface area contributed by atoms with E-state index in [1.165, 1.54) is 11.8 Å². The first-order chi connectivity index (χ1) is 14.2. The number of aromatic nitrogens is 4. The lowest BCUT2D eigenvalue weighted by atomic mass is 9.73. The highest BCUT2D eigenvalue weighted by Crippen LogP contribution is 2.53. The van der Waals surface area contributed by atoms with Crippen LogP contribution in [0.15, 0.2) is 17.3 Å². The molecule has 30 heavy (non-hydrogen) atoms. The van der Waals surface area contributed by atoms with Crippen molar-refractivity contribution in [1.29, 1.82) is 0 Å². The topological polar surface area (TPSA) is 159 Å². The summed E-state index contributed by atoms with van der Waals surface area (Å²) in [5.74, 6) is -1.01. The lowest BCUT2D eigenvalue weighted by Crippen LogP contribution is -2.43. The predicted octanol–water partition coefficient (Wildman–Crippen LogP) is 1.34. The van der Waals surface area contributed by atoms with Crippen LogP contribution in [0.1, 0.15) is 48.3 Å². The Morgan fingerprint density at radius 1 is 1.37 bits per heavy atom. The van der Waals surface area contributed by atoms with Gasteiger partial charge in [-0.3, -0.25) is 14.7 Å². The summed E-state index contributed by atoms with van der Waals surface area (Å²) in [6, 6.07) is 0. The van der Waals surface area contributed by atoms with Gasteiger partial charge in [0.2, 0.25) is 5.95 Å². The van der Waals surface area contributed by atoms with Crippen molar-refractivity contribution < 1.29 is 14.7 Å². The van der Waals surface area contributed by atoms with Crippen LogP contribution in [-0.2, 0) is 16.6 Å². The van der Waals surface area contributed by atoms with E-state index in [9.17, 15) is 14.7 Å². The third-order valence-electron chi connectivity index (χ3n) is 5.96. The fourth-order valence-corrected chi connectivity index (χ4v) is 5.18. The molecular formula is C19H21N7O3S. The Kier molecular flexibility index (Phi) is 3.91. The van der Waals surface area contributed by atoms with Gasteiger partial charge < -0.3 is 21.5 Å². The third kappa shape index (κ3) is 2.76. The number of thioether (sulfide) groups is 1. The fraction of sp³-hybridized carbons (Fsp3) is 0.421. The number of fused-ring (bicyclic) bond motifs is 3. The zero-order chi connectivity index (χ0) is 21.3. The molecule has 1 fully saturated rings. The highest BCUT2D eigenvalue weighted by atomic mass is 32.2. The number of carboxylic acids is 1. The molecule has 1 amide bonds. The van der Waals surface area contributed by atoms with E-state index < -0.39 is 16.9 Å². The van der Waals surface area contributed by atoms with Crippen molar-refractivity contribution >= 4 is 29.6 Å². The van der Waals surface area contributed by atoms with E-state index in [4.69, 9.17) is 5.73 Å². The molecule has 3 aliphatic rings. The first-order valence-electron chi connectivity index (χ1n) is 9.59. The SMILES string of the molecule is CC1(C)Cc2cnc(N)nc2-c2[nH]nc(C(=O)NC3NC(C4(C(=O)O)CC4)=CS3)c21. The average molecular weight is 427 g/mol. The largest absolute Gasteiger partial charge is 0.481 e. The van der Waals surface area contributed by atoms with Crippen molar-refractivity contribution in [2.75, 3.05) is 5.73 Å². The van der Waals surface area contributed by atoms with Gasteiger partial charge in [0.25, 0.3) is 5.91 Å². The molecule has 2 aliphatic carbocycles. The number of nitrogens with zero attached hydrogens (tertiary/aromatic N) is 3. The zero-order valence-corrected chi connectivity index (χ0v) is 17.3. The maximum absolute atomic E-state index is 13.1. The highest BCUT2D eigenvalue weighted by molar-refractivity contribution is 8.02. The number of nitrogen functional groups attached to an aromatic ring is 1. The van der Waals surface area contributed by atoms with Crippen LogP contribution in [0.5, 0.6) is 0 Å². The minimum absolute atomic E-state index is 0.164. The number of carboxylic acid groups (broad SMARTS) is 1. The van der Waals surface area contributed by atoms with E-state index in [2.05, 4.69) is 30.8 Å². The molecule has 10 nitrogen and oxygen atoms in total. The second kappa shape index (κ2) is 6.21. The molecule has 0 radical (unpaired) electrons. The van der Waals surface area contributed by atoms with E-state index in [-0.39, 0.29) is 17.3 Å². The summed E-state index contributed by atoms with van der Waals surface area (Å²) >= 11 is 1.34. The number of nitrogens with one attached hydrogen (secondary N) is 3. The molecule has 3 heterocycles. The number of anilines is 1. The molecule has 2 aromatic heterocycles. The summed E-state index contributed by atoms with van der Waals surface area (Å²) in [6.45, 7) is 4.09. The predicted molar refractivity (Wildman–Crippen MR) is 110 cm³/mol. The number of carbonyl (C=O) groups excluding carboxylic acids is 1. The molecule has 2 aromatic rings. The minimum Gasteiger partial charge on any atom is -0.481 e. The molecule has 1 aliphatic heterocycles. The number of nitrogens with two attached hydrogens (primary N) is 1. The Balaban J connectivity index is 1.39. The second-order valence-corrected chi connectivity index (χ2v) is 9.52. The van der Waals surface area contributed by atoms with Crippen molar-refractivity contribution in [1.82, 2.24) is 30.8 Å². The molecule has 0 saturated heterocycles. The highest BCUT2D eigenvalue weighted by Gasteiger charge is 2.55. The van der Waals surface area contributed by atoms with Gasteiger partial charge in [0, 0.05) is 17.5 Å². The Morgan fingerprint density at radius 3 is 2.83 bits per heavy atom. The van der Waals surface area contributed by atoms with Crippen LogP contribution >= 0.6 is 11.8 Å². The number of aliphatic carboxylic acids is 1. The molecule has 1 unspecified atom stereocenters. The fourth-order valence-electron chi connectivity index (χ4n) is 4.24. The number of rotatable bonds is 4. The third-order valence-corrected chi connectivity index (χ3v) is 6.84. The molecule has 0 bridgehead atoms. The summed E-state index contributed by atoms with van der Waals surface area (Å²) in [5, 5.41) is 24.5. The minimum atomic E-state index is -0.836. The summed E-state index contributed by atoms with van der Waals surface area (Å²) < 4.78 is 0. The van der Waals surface area contributed by atoms with Crippen molar-refractivity contribution in [3.63, 3.8) is 0 Å². The average Bonchev–Trinajstić information content (AvgIpc) is 3.15. The van der Waals surface area contributed by atoms with Crippen LogP contribution in [0.4, 0.5) is 5.95 Å². The molecule has 11 heteroatoms. The molecule has 6 N–H and O–H groups in total. The van der Waals surface area contributed by atoms with Crippen molar-refractivity contribution in [2.24, 2.45) is 5.41 Å². The maximum atomic E-state index is 13.1. The van der Waals surface area contributed by atoms with E-state index in [0.29, 0.717) is 42.0 Å². The summed E-state index contributed by atoms with van der Waals surface area (Å²) in [7, 11) is 0. The van der Waals surface area contributed by atoms with E-state index >= 15 is 0 Å². The Hall–Kier alpha value is -3.08. The van der Waals surface area contributed by atoms with Gasteiger partial charge in [0.1, 0.15) is 5.41 Å². The van der Waals surface area contributed by atoms with Crippen LogP contribution in [-0.4, -0.2) is 42.6 Å². The van der Waals surface area contributed by atoms with E-state index in [1.54, 1.807) is 11.6 Å². The van der Waals surface area contributed by atoms with Gasteiger partial charge >= 0.3 is 5.97 Å². The van der Waals surface area contributed by atoms with Crippen LogP contribution < -0.4 is 16.4 Å². The number of hydrogen-bond donors (Lipinski definition) is 5. The zero-order valence-electron chi connectivity index (χ0n) is 16.4. The number of H-pyrrole nitrogens is 1. The van der Waals surface area contributed by atoms with Crippen LogP contribution in [0.3, 0.4) is 0 Å². The number of amides is 1. The molecule has 0 spiro atoms. The molecule has 1 atom stereocenters. The summed E-state index contributed by atoms with van der Waals surface area (Å²) in [4.78, 5) is 33.0. The second-order valence-electron chi connectivity index (χ2n) is 8.54. The number of aromatic amines is 1. The summed E-state index contributed by atoms with van der Waals surface area (Å²) in [5.41, 5.74) is 8.14. The maximum Gasteiger partial charge on any atom is 0.315 e. The van der Waals surface area contributed by atoms with Gasteiger partial charge in [-0.1, -0.05) is 25.6 Å². The Labute approximate surface area is 176 Å². The normalized spacial score (nSPS) is 22.3. The van der Waals surface area contributed by atoms with Gasteiger partial charge in [-0.15, -0.1) is 0 Å². The van der Waals surface area contributed by atoms with Gasteiger partial charge in [0.15, 0.2) is 11.2 Å². The standard InChI is InChI=1S/C19H21N7O3S/c1-18(2)5-8-6-21-16(20)23-11(8)12-10(18)13(26-25-12)14(27)24-17-22-9(7-30-17)19(3-4-19)15(28)29/h6-7,17,22H,3-5H2,1-2H3,(H,24,27)(H,25,26)(H,28,29)(H2,20,21,23). The number of hydrogen-bond acceptors (Lipinski definition) is 8. The lowest BCUT2D eigenvalue weighted by molar-refractivity contribution is -0.141. The summed E-state index contributed by atoms with van der Waals surface area (Å²) in [6.07, 6.45) is 3.58. The first kappa shape index (κ1) is 18.9. The van der Waals surface area contributed by atoms with Gasteiger partial charge in [0.05, 0.1) is 11.4 Å². The molecule has 0 aromatic carbocycles. The monoisotopic (exact) mass is 427 g/mol. The smallest absolute Gasteiger partial charge is 0.315 e. The molecular weight excluding hydrogens is 406 g/mol. The van der Waals surface area contributed by atoms with E-state index in [0.717, 1.165) is 11.1 Å². The van der Waals surface area contributed by atoms with Crippen LogP contribution in [0, 0.1) is 5.41 Å². The van der Waals surface area contributed by atoms with Gasteiger partial charge in [-0.2, -0.15) is 5.10 Å². The molecule has 156 valence electrons. The van der Waals surface area contributed by atoms with Crippen LogP contribution in [0.2, 0.25) is 0 Å². The Morgan fingerprint density at radius 2 is 2.13 bits per heavy atom. The Bertz CT molecular complexity index is 1120. The number of carbonyl (C=O) groups is 2. The van der Waals surface area contributed by atoms with Crippen molar-refractivity contribution in [3.05, 3.63) is 34.1 Å². The van der Waals surface area contributed by atoms with Crippen molar-refractivity contribution in [2.45, 2.75) is 44.0 Å².